The van der Waals surface area contributed by atoms with E-state index < -0.39 is 9.84 Å². The van der Waals surface area contributed by atoms with Crippen molar-refractivity contribution in [3.05, 3.63) is 24.3 Å². The third-order valence-corrected chi connectivity index (χ3v) is 4.58. The minimum Gasteiger partial charge on any atom is -0.299 e. The highest BCUT2D eigenvalue weighted by molar-refractivity contribution is 7.90. The molecule has 9 heteroatoms. The molecule has 0 aliphatic rings. The lowest BCUT2D eigenvalue weighted by molar-refractivity contribution is -0.113. The number of anilines is 1. The van der Waals surface area contributed by atoms with Crippen LogP contribution in [0.4, 0.5) is 5.13 Å². The van der Waals surface area contributed by atoms with Crippen LogP contribution in [0.5, 0.6) is 0 Å². The number of carbonyl (C=O) groups is 1. The molecular weight excluding hydrogens is 322 g/mol. The van der Waals surface area contributed by atoms with Crippen molar-refractivity contribution in [3.8, 4) is 10.6 Å². The zero-order valence-corrected chi connectivity index (χ0v) is 12.7. The first-order valence-electron chi connectivity index (χ1n) is 5.40. The topological polar surface area (TPSA) is 89.0 Å². The highest BCUT2D eigenvalue weighted by Gasteiger charge is 2.11. The molecule has 1 amide bonds. The minimum absolute atomic E-state index is 0.155. The Labute approximate surface area is 124 Å². The van der Waals surface area contributed by atoms with Gasteiger partial charge in [0.25, 0.3) is 0 Å². The molecule has 2 aromatic rings. The van der Waals surface area contributed by atoms with Crippen molar-refractivity contribution in [2.24, 2.45) is 0 Å². The lowest BCUT2D eigenvalue weighted by atomic mass is 10.2. The maximum Gasteiger partial charge on any atom is 0.241 e. The fraction of sp³-hybridized carbons (Fsp3) is 0.182. The molecule has 2 rings (SSSR count). The van der Waals surface area contributed by atoms with Crippen LogP contribution in [-0.4, -0.2) is 36.7 Å². The lowest BCUT2D eigenvalue weighted by Gasteiger charge is -1.99. The van der Waals surface area contributed by atoms with E-state index in [4.69, 9.17) is 11.6 Å². The molecule has 0 unspecified atom stereocenters. The van der Waals surface area contributed by atoms with Gasteiger partial charge in [0.05, 0.1) is 4.90 Å². The van der Waals surface area contributed by atoms with Crippen molar-refractivity contribution in [1.82, 2.24) is 10.2 Å². The van der Waals surface area contributed by atoms with Crippen LogP contribution in [0, 0.1) is 0 Å². The SMILES string of the molecule is CS(=O)(=O)c1ccc(-c2nnc(NC(=O)CCl)s2)cc1. The van der Waals surface area contributed by atoms with Gasteiger partial charge in [0.1, 0.15) is 10.9 Å². The van der Waals surface area contributed by atoms with Gasteiger partial charge in [0.15, 0.2) is 9.84 Å². The van der Waals surface area contributed by atoms with Gasteiger partial charge >= 0.3 is 0 Å². The van der Waals surface area contributed by atoms with Gasteiger partial charge < -0.3 is 0 Å². The summed E-state index contributed by atoms with van der Waals surface area (Å²) in [6.07, 6.45) is 1.15. The first-order chi connectivity index (χ1) is 9.40. The fourth-order valence-electron chi connectivity index (χ4n) is 1.39. The largest absolute Gasteiger partial charge is 0.299 e. The smallest absolute Gasteiger partial charge is 0.241 e. The van der Waals surface area contributed by atoms with Gasteiger partial charge in [-0.3, -0.25) is 10.1 Å². The number of alkyl halides is 1. The summed E-state index contributed by atoms with van der Waals surface area (Å²) in [4.78, 5) is 11.3. The predicted octanol–water partition coefficient (Wildman–Crippen LogP) is 1.79. The van der Waals surface area contributed by atoms with E-state index in [0.717, 1.165) is 11.8 Å². The van der Waals surface area contributed by atoms with Crippen LogP contribution < -0.4 is 5.32 Å². The van der Waals surface area contributed by atoms with Crippen molar-refractivity contribution in [3.63, 3.8) is 0 Å². The van der Waals surface area contributed by atoms with Gasteiger partial charge in [-0.1, -0.05) is 23.5 Å². The number of sulfone groups is 1. The van der Waals surface area contributed by atoms with Gasteiger partial charge in [-0.15, -0.1) is 21.8 Å². The average Bonchev–Trinajstić information content (AvgIpc) is 2.86. The fourth-order valence-corrected chi connectivity index (χ4v) is 2.85. The van der Waals surface area contributed by atoms with E-state index in [9.17, 15) is 13.2 Å². The average molecular weight is 332 g/mol. The first-order valence-corrected chi connectivity index (χ1v) is 8.64. The van der Waals surface area contributed by atoms with Crippen molar-refractivity contribution in [1.29, 1.82) is 0 Å². The summed E-state index contributed by atoms with van der Waals surface area (Å²) in [6.45, 7) is 0. The second-order valence-electron chi connectivity index (χ2n) is 3.89. The molecule has 0 atom stereocenters. The summed E-state index contributed by atoms with van der Waals surface area (Å²) < 4.78 is 22.7. The van der Waals surface area contributed by atoms with Gasteiger partial charge in [-0.25, -0.2) is 8.42 Å². The lowest BCUT2D eigenvalue weighted by Crippen LogP contribution is -2.12. The molecule has 0 spiro atoms. The Morgan fingerprint density at radius 3 is 2.50 bits per heavy atom. The number of halogens is 1. The van der Waals surface area contributed by atoms with Crippen molar-refractivity contribution < 1.29 is 13.2 Å². The molecule has 1 aromatic carbocycles. The molecule has 1 heterocycles. The number of amides is 1. The Bertz CT molecular complexity index is 726. The summed E-state index contributed by atoms with van der Waals surface area (Å²) in [7, 11) is -3.22. The van der Waals surface area contributed by atoms with Crippen LogP contribution in [0.25, 0.3) is 10.6 Å². The van der Waals surface area contributed by atoms with Gasteiger partial charge in [-0.2, -0.15) is 0 Å². The van der Waals surface area contributed by atoms with Crippen LogP contribution in [0.1, 0.15) is 0 Å². The third kappa shape index (κ3) is 3.53. The molecule has 6 nitrogen and oxygen atoms in total. The highest BCUT2D eigenvalue weighted by atomic mass is 35.5. The molecule has 1 N–H and O–H groups in total. The van der Waals surface area contributed by atoms with Crippen molar-refractivity contribution in [2.45, 2.75) is 4.90 Å². The number of nitrogens with zero attached hydrogens (tertiary/aromatic N) is 2. The monoisotopic (exact) mass is 331 g/mol. The Kier molecular flexibility index (Phi) is 4.36. The van der Waals surface area contributed by atoms with Crippen molar-refractivity contribution >= 4 is 43.8 Å². The maximum absolute atomic E-state index is 11.4. The second kappa shape index (κ2) is 5.86. The predicted molar refractivity (Wildman–Crippen MR) is 77.8 cm³/mol. The summed E-state index contributed by atoms with van der Waals surface area (Å²) in [6, 6.07) is 6.29. The molecule has 0 radical (unpaired) electrons. The highest BCUT2D eigenvalue weighted by Crippen LogP contribution is 2.27. The van der Waals surface area contributed by atoms with E-state index >= 15 is 0 Å². The van der Waals surface area contributed by atoms with E-state index in [0.29, 0.717) is 10.1 Å². The number of aromatic nitrogens is 2. The van der Waals surface area contributed by atoms with Crippen LogP contribution in [0.15, 0.2) is 29.2 Å². The zero-order chi connectivity index (χ0) is 14.8. The normalized spacial score (nSPS) is 11.3. The molecule has 1 aromatic heterocycles. The number of hydrogen-bond acceptors (Lipinski definition) is 6. The summed E-state index contributed by atoms with van der Waals surface area (Å²) >= 11 is 6.55. The summed E-state index contributed by atoms with van der Waals surface area (Å²) in [5, 5.41) is 11.2. The Balaban J connectivity index is 2.22. The molecule has 0 aliphatic heterocycles. The van der Waals surface area contributed by atoms with E-state index in [1.165, 1.54) is 23.5 Å². The molecule has 0 aliphatic carbocycles. The number of rotatable bonds is 4. The van der Waals surface area contributed by atoms with E-state index in [-0.39, 0.29) is 16.7 Å². The Morgan fingerprint density at radius 1 is 1.30 bits per heavy atom. The Morgan fingerprint density at radius 2 is 1.95 bits per heavy atom. The van der Waals surface area contributed by atoms with Gasteiger partial charge in [0.2, 0.25) is 11.0 Å². The standard InChI is InChI=1S/C11H10ClN3O3S2/c1-20(17,18)8-4-2-7(3-5-8)10-14-15-11(19-10)13-9(16)6-12/h2-5H,6H2,1H3,(H,13,15,16). The van der Waals surface area contributed by atoms with Crippen molar-refractivity contribution in [2.75, 3.05) is 17.5 Å². The summed E-state index contributed by atoms with van der Waals surface area (Å²) in [5.41, 5.74) is 0.723. The van der Waals surface area contributed by atoms with E-state index in [1.54, 1.807) is 12.1 Å². The maximum atomic E-state index is 11.4. The third-order valence-electron chi connectivity index (χ3n) is 2.32. The molecule has 106 valence electrons. The van der Waals surface area contributed by atoms with Crippen LogP contribution in [0.3, 0.4) is 0 Å². The molecule has 0 saturated carbocycles. The van der Waals surface area contributed by atoms with Crippen LogP contribution >= 0.6 is 22.9 Å². The van der Waals surface area contributed by atoms with E-state index in [1.807, 2.05) is 0 Å². The van der Waals surface area contributed by atoms with E-state index in [2.05, 4.69) is 15.5 Å². The second-order valence-corrected chi connectivity index (χ2v) is 7.15. The summed E-state index contributed by atoms with van der Waals surface area (Å²) in [5.74, 6) is -0.514. The minimum atomic E-state index is -3.22. The first kappa shape index (κ1) is 14.9. The number of nitrogens with one attached hydrogen (secondary N) is 1. The zero-order valence-electron chi connectivity index (χ0n) is 10.3. The molecule has 0 saturated heterocycles. The molecule has 0 bridgehead atoms. The van der Waals surface area contributed by atoms with Gasteiger partial charge in [-0.05, 0) is 12.1 Å². The Hall–Kier alpha value is -1.51. The van der Waals surface area contributed by atoms with Gasteiger partial charge in [0, 0.05) is 11.8 Å². The van der Waals surface area contributed by atoms with Crippen LogP contribution in [0.2, 0.25) is 0 Å². The number of carbonyl (C=O) groups excluding carboxylic acids is 1. The number of hydrogen-bond donors (Lipinski definition) is 1. The quantitative estimate of drug-likeness (QED) is 0.863. The number of benzene rings is 1. The van der Waals surface area contributed by atoms with Crippen LogP contribution in [-0.2, 0) is 14.6 Å². The molecule has 0 fully saturated rings. The molecular formula is C11H10ClN3O3S2. The molecule has 20 heavy (non-hydrogen) atoms.